The van der Waals surface area contributed by atoms with Gasteiger partial charge in [-0.05, 0) is 95.0 Å². The van der Waals surface area contributed by atoms with E-state index < -0.39 is 5.54 Å². The number of benzene rings is 2. The van der Waals surface area contributed by atoms with Crippen molar-refractivity contribution in [2.24, 2.45) is 11.3 Å². The van der Waals surface area contributed by atoms with Gasteiger partial charge in [0.25, 0.3) is 0 Å². The lowest BCUT2D eigenvalue weighted by Crippen LogP contribution is -2.37. The monoisotopic (exact) mass is 521 g/mol. The number of cyclic esters (lactones) is 1. The van der Waals surface area contributed by atoms with Gasteiger partial charge in [0.15, 0.2) is 0 Å². The minimum atomic E-state index is -0.475. The van der Waals surface area contributed by atoms with E-state index in [1.54, 1.807) is 0 Å². The Morgan fingerprint density at radius 1 is 1.20 bits per heavy atom. The highest BCUT2D eigenvalue weighted by molar-refractivity contribution is 14.1. The molecule has 4 rings (SSSR count). The smallest absolute Gasteiger partial charge is 0.408 e. The molecule has 0 radical (unpaired) electrons. The molecular formula is C25H32INO3. The van der Waals surface area contributed by atoms with Crippen LogP contribution in [-0.2, 0) is 10.3 Å². The van der Waals surface area contributed by atoms with Crippen molar-refractivity contribution in [3.63, 3.8) is 0 Å². The van der Waals surface area contributed by atoms with Gasteiger partial charge in [0.1, 0.15) is 12.4 Å². The summed E-state index contributed by atoms with van der Waals surface area (Å²) in [4.78, 5) is 11.5. The third kappa shape index (κ3) is 4.14. The van der Waals surface area contributed by atoms with Crippen LogP contribution in [0.25, 0.3) is 10.8 Å². The number of alkyl carbamates (subject to hydrolysis) is 1. The standard InChI is InChI=1S/C25H32INO3/c1-5-24(2,3)17-7-10-19(11-8-17)30-21-13-6-16-14-18(9-12-20(16)22(21)26)25(4)15-29-23(28)27-25/h6,9,12-14,17,19H,5,7-8,10-11,15H2,1-4H3,(H,27,28)/t17-,19-,25-/m0/s1. The molecule has 1 saturated carbocycles. The number of fused-ring (bicyclic) bond motifs is 1. The Labute approximate surface area is 193 Å². The van der Waals surface area contributed by atoms with Gasteiger partial charge in [-0.15, -0.1) is 0 Å². The van der Waals surface area contributed by atoms with E-state index in [1.165, 1.54) is 24.6 Å². The molecule has 2 aliphatic rings. The second kappa shape index (κ2) is 8.21. The van der Waals surface area contributed by atoms with E-state index in [-0.39, 0.29) is 6.09 Å². The first-order chi connectivity index (χ1) is 14.2. The lowest BCUT2D eigenvalue weighted by Gasteiger charge is -2.39. The van der Waals surface area contributed by atoms with Gasteiger partial charge in [0.2, 0.25) is 0 Å². The summed E-state index contributed by atoms with van der Waals surface area (Å²) in [5.74, 6) is 1.79. The molecule has 1 heterocycles. The molecule has 1 N–H and O–H groups in total. The van der Waals surface area contributed by atoms with Crippen LogP contribution in [0.1, 0.15) is 65.4 Å². The molecule has 0 unspecified atom stereocenters. The maximum atomic E-state index is 11.5. The summed E-state index contributed by atoms with van der Waals surface area (Å²) in [6, 6.07) is 10.6. The third-order valence-corrected chi connectivity index (χ3v) is 8.52. The highest BCUT2D eigenvalue weighted by Gasteiger charge is 2.37. The van der Waals surface area contributed by atoms with E-state index in [0.717, 1.165) is 39.0 Å². The van der Waals surface area contributed by atoms with E-state index in [0.29, 0.717) is 18.1 Å². The number of ether oxygens (including phenoxy) is 2. The molecule has 1 atom stereocenters. The van der Waals surface area contributed by atoms with Crippen LogP contribution in [0.2, 0.25) is 0 Å². The van der Waals surface area contributed by atoms with Gasteiger partial charge in [-0.2, -0.15) is 0 Å². The van der Waals surface area contributed by atoms with Crippen molar-refractivity contribution in [2.45, 2.75) is 71.4 Å². The van der Waals surface area contributed by atoms with Crippen LogP contribution in [0.5, 0.6) is 5.75 Å². The Morgan fingerprint density at radius 2 is 1.93 bits per heavy atom. The fourth-order valence-corrected chi connectivity index (χ4v) is 5.60. The van der Waals surface area contributed by atoms with Gasteiger partial charge in [0, 0.05) is 0 Å². The molecule has 2 aromatic rings. The van der Waals surface area contributed by atoms with Crippen molar-refractivity contribution in [3.8, 4) is 5.75 Å². The van der Waals surface area contributed by atoms with Crippen LogP contribution in [0.15, 0.2) is 30.3 Å². The molecule has 1 aliphatic carbocycles. The molecule has 5 heteroatoms. The molecule has 0 bridgehead atoms. The number of rotatable bonds is 5. The fraction of sp³-hybridized carbons (Fsp3) is 0.560. The summed E-state index contributed by atoms with van der Waals surface area (Å²) >= 11 is 2.41. The minimum absolute atomic E-state index is 0.309. The second-order valence-corrected chi connectivity index (χ2v) is 10.9. The Balaban J connectivity index is 1.49. The quantitative estimate of drug-likeness (QED) is 0.442. The average molecular weight is 521 g/mol. The number of hydrogen-bond donors (Lipinski definition) is 1. The molecule has 4 nitrogen and oxygen atoms in total. The number of nitrogens with one attached hydrogen (secondary N) is 1. The zero-order valence-electron chi connectivity index (χ0n) is 18.4. The van der Waals surface area contributed by atoms with Crippen LogP contribution in [0.4, 0.5) is 4.79 Å². The van der Waals surface area contributed by atoms with Crippen LogP contribution in [0, 0.1) is 14.9 Å². The summed E-state index contributed by atoms with van der Waals surface area (Å²) in [6.07, 6.45) is 5.98. The van der Waals surface area contributed by atoms with Gasteiger partial charge >= 0.3 is 6.09 Å². The number of carbonyl (C=O) groups excluding carboxylic acids is 1. The highest BCUT2D eigenvalue weighted by atomic mass is 127. The molecule has 1 aliphatic heterocycles. The largest absolute Gasteiger partial charge is 0.489 e. The summed E-state index contributed by atoms with van der Waals surface area (Å²) < 4.78 is 12.8. The molecule has 30 heavy (non-hydrogen) atoms. The zero-order valence-corrected chi connectivity index (χ0v) is 20.5. The van der Waals surface area contributed by atoms with Crippen molar-refractivity contribution in [1.29, 1.82) is 0 Å². The van der Waals surface area contributed by atoms with Crippen LogP contribution in [0.3, 0.4) is 0 Å². The fourth-order valence-electron chi connectivity index (χ4n) is 4.80. The Morgan fingerprint density at radius 3 is 2.57 bits per heavy atom. The van der Waals surface area contributed by atoms with Crippen molar-refractivity contribution < 1.29 is 14.3 Å². The molecular weight excluding hydrogens is 489 g/mol. The molecule has 162 valence electrons. The Bertz CT molecular complexity index is 949. The van der Waals surface area contributed by atoms with E-state index in [9.17, 15) is 4.79 Å². The summed E-state index contributed by atoms with van der Waals surface area (Å²) in [7, 11) is 0. The van der Waals surface area contributed by atoms with E-state index in [1.807, 2.05) is 6.92 Å². The average Bonchev–Trinajstić information content (AvgIpc) is 3.10. The van der Waals surface area contributed by atoms with Crippen molar-refractivity contribution in [1.82, 2.24) is 5.32 Å². The molecule has 2 fully saturated rings. The number of hydrogen-bond acceptors (Lipinski definition) is 3. The predicted molar refractivity (Wildman–Crippen MR) is 129 cm³/mol. The second-order valence-electron chi connectivity index (χ2n) is 9.78. The first-order valence-electron chi connectivity index (χ1n) is 11.1. The topological polar surface area (TPSA) is 47.6 Å². The molecule has 2 aromatic carbocycles. The molecule has 0 spiro atoms. The normalized spacial score (nSPS) is 27.0. The Hall–Kier alpha value is -1.50. The highest BCUT2D eigenvalue weighted by Crippen LogP contribution is 2.42. The Kier molecular flexibility index (Phi) is 5.94. The van der Waals surface area contributed by atoms with Gasteiger partial charge < -0.3 is 14.8 Å². The van der Waals surface area contributed by atoms with Gasteiger partial charge in [0.05, 0.1) is 15.2 Å². The van der Waals surface area contributed by atoms with E-state index in [2.05, 4.69) is 79.0 Å². The lowest BCUT2D eigenvalue weighted by molar-refractivity contribution is 0.0775. The molecule has 0 aromatic heterocycles. The summed E-state index contributed by atoms with van der Waals surface area (Å²) in [6.45, 7) is 9.47. The van der Waals surface area contributed by atoms with Gasteiger partial charge in [-0.25, -0.2) is 4.79 Å². The number of halogens is 1. The third-order valence-electron chi connectivity index (χ3n) is 7.41. The molecule has 1 saturated heterocycles. The predicted octanol–water partition coefficient (Wildman–Crippen LogP) is 6.77. The minimum Gasteiger partial charge on any atom is -0.489 e. The lowest BCUT2D eigenvalue weighted by atomic mass is 9.69. The van der Waals surface area contributed by atoms with Gasteiger partial charge in [-0.3, -0.25) is 0 Å². The SMILES string of the molecule is CCC(C)(C)[C@H]1CC[C@H](Oc2ccc3cc([C@]4(C)COC(=O)N4)ccc3c2I)CC1. The first-order valence-corrected chi connectivity index (χ1v) is 12.1. The van der Waals surface area contributed by atoms with E-state index in [4.69, 9.17) is 9.47 Å². The van der Waals surface area contributed by atoms with Crippen molar-refractivity contribution in [3.05, 3.63) is 39.5 Å². The number of carbonyl (C=O) groups is 1. The van der Waals surface area contributed by atoms with Crippen molar-refractivity contribution in [2.75, 3.05) is 6.61 Å². The zero-order chi connectivity index (χ0) is 21.5. The van der Waals surface area contributed by atoms with Crippen LogP contribution >= 0.6 is 22.6 Å². The van der Waals surface area contributed by atoms with Crippen LogP contribution in [-0.4, -0.2) is 18.8 Å². The maximum Gasteiger partial charge on any atom is 0.408 e. The van der Waals surface area contributed by atoms with Crippen molar-refractivity contribution >= 4 is 39.5 Å². The summed E-state index contributed by atoms with van der Waals surface area (Å²) in [5, 5.41) is 5.26. The number of amides is 1. The first kappa shape index (κ1) is 21.7. The summed E-state index contributed by atoms with van der Waals surface area (Å²) in [5.41, 5.74) is 1.01. The van der Waals surface area contributed by atoms with Crippen LogP contribution < -0.4 is 10.1 Å². The van der Waals surface area contributed by atoms with E-state index >= 15 is 0 Å². The molecule has 1 amide bonds. The maximum absolute atomic E-state index is 11.5. The van der Waals surface area contributed by atoms with Gasteiger partial charge in [-0.1, -0.05) is 45.4 Å².